The number of hydrogen-bond acceptors (Lipinski definition) is 4. The minimum absolute atomic E-state index is 0.0977. The Labute approximate surface area is 99.8 Å². The van der Waals surface area contributed by atoms with Gasteiger partial charge in [0.25, 0.3) is 0 Å². The van der Waals surface area contributed by atoms with E-state index >= 15 is 0 Å². The Bertz CT molecular complexity index is 288. The molecule has 1 amide bonds. The first-order chi connectivity index (χ1) is 7.83. The third kappa shape index (κ3) is 5.85. The molecule has 0 aliphatic heterocycles. The smallest absolute Gasteiger partial charge is 0.233 e. The number of unbranched alkanes of at least 4 members (excludes halogenated alkanes) is 2. The Morgan fingerprint density at radius 3 is 3.00 bits per heavy atom. The Hall–Kier alpha value is -0.910. The molecule has 1 rings (SSSR count). The van der Waals surface area contributed by atoms with Crippen molar-refractivity contribution in [3.8, 4) is 0 Å². The highest BCUT2D eigenvalue weighted by Crippen LogP contribution is 2.10. The van der Waals surface area contributed by atoms with Crippen LogP contribution in [0.1, 0.15) is 30.6 Å². The van der Waals surface area contributed by atoms with E-state index in [1.807, 2.05) is 11.4 Å². The molecule has 1 heterocycles. The lowest BCUT2D eigenvalue weighted by atomic mass is 10.2. The van der Waals surface area contributed by atoms with Crippen LogP contribution in [0.5, 0.6) is 0 Å². The van der Waals surface area contributed by atoms with E-state index in [9.17, 15) is 4.79 Å². The molecule has 0 unspecified atom stereocenters. The second-order valence-corrected chi connectivity index (χ2v) is 4.54. The van der Waals surface area contributed by atoms with E-state index in [0.717, 1.165) is 25.9 Å². The lowest BCUT2D eigenvalue weighted by Gasteiger charge is -2.02. The molecular formula is C11H18N2O2S. The lowest BCUT2D eigenvalue weighted by Crippen LogP contribution is -2.29. The van der Waals surface area contributed by atoms with Crippen molar-refractivity contribution in [3.05, 3.63) is 22.4 Å². The SMILES string of the molecule is NNC(=O)CCCCCOCc1cccs1. The van der Waals surface area contributed by atoms with Crippen LogP contribution in [0.4, 0.5) is 0 Å². The summed E-state index contributed by atoms with van der Waals surface area (Å²) in [7, 11) is 0. The van der Waals surface area contributed by atoms with Crippen LogP contribution < -0.4 is 11.3 Å². The highest BCUT2D eigenvalue weighted by atomic mass is 32.1. The quantitative estimate of drug-likeness (QED) is 0.316. The van der Waals surface area contributed by atoms with Crippen molar-refractivity contribution in [1.29, 1.82) is 0 Å². The number of nitrogens with two attached hydrogens (primary N) is 1. The molecule has 0 fully saturated rings. The van der Waals surface area contributed by atoms with Crippen LogP contribution in [0.3, 0.4) is 0 Å². The fourth-order valence-corrected chi connectivity index (χ4v) is 1.95. The summed E-state index contributed by atoms with van der Waals surface area (Å²) in [5, 5.41) is 2.05. The van der Waals surface area contributed by atoms with Gasteiger partial charge >= 0.3 is 0 Å². The number of nitrogens with one attached hydrogen (secondary N) is 1. The normalized spacial score (nSPS) is 10.3. The van der Waals surface area contributed by atoms with E-state index < -0.39 is 0 Å². The van der Waals surface area contributed by atoms with Crippen molar-refractivity contribution in [1.82, 2.24) is 5.43 Å². The van der Waals surface area contributed by atoms with Crippen molar-refractivity contribution in [3.63, 3.8) is 0 Å². The first-order valence-electron chi connectivity index (χ1n) is 5.42. The van der Waals surface area contributed by atoms with Gasteiger partial charge in [0.05, 0.1) is 6.61 Å². The van der Waals surface area contributed by atoms with Gasteiger partial charge in [-0.05, 0) is 24.3 Å². The predicted molar refractivity (Wildman–Crippen MR) is 64.8 cm³/mol. The van der Waals surface area contributed by atoms with Crippen molar-refractivity contribution in [2.75, 3.05) is 6.61 Å². The zero-order valence-electron chi connectivity index (χ0n) is 9.28. The van der Waals surface area contributed by atoms with Crippen LogP contribution in [-0.2, 0) is 16.1 Å². The minimum Gasteiger partial charge on any atom is -0.376 e. The van der Waals surface area contributed by atoms with E-state index in [0.29, 0.717) is 13.0 Å². The summed E-state index contributed by atoms with van der Waals surface area (Å²) < 4.78 is 5.50. The van der Waals surface area contributed by atoms with Crippen LogP contribution in [0.15, 0.2) is 17.5 Å². The molecule has 90 valence electrons. The van der Waals surface area contributed by atoms with Crippen LogP contribution >= 0.6 is 11.3 Å². The molecule has 0 saturated heterocycles. The second kappa shape index (κ2) is 8.27. The Kier molecular flexibility index (Phi) is 6.80. The number of ether oxygens (including phenoxy) is 1. The van der Waals surface area contributed by atoms with Crippen molar-refractivity contribution >= 4 is 17.2 Å². The van der Waals surface area contributed by atoms with Gasteiger partial charge in [0.2, 0.25) is 5.91 Å². The monoisotopic (exact) mass is 242 g/mol. The first-order valence-corrected chi connectivity index (χ1v) is 6.30. The number of thiophene rings is 1. The number of carbonyl (C=O) groups excluding carboxylic acids is 1. The van der Waals surface area contributed by atoms with Gasteiger partial charge in [-0.3, -0.25) is 10.2 Å². The molecule has 1 aromatic heterocycles. The number of hydrazine groups is 1. The molecule has 5 heteroatoms. The standard InChI is InChI=1S/C11H18N2O2S/c12-13-11(14)6-2-1-3-7-15-9-10-5-4-8-16-10/h4-5,8H,1-3,6-7,9,12H2,(H,13,14). The molecule has 0 aromatic carbocycles. The maximum Gasteiger partial charge on any atom is 0.233 e. The van der Waals surface area contributed by atoms with Gasteiger partial charge in [0.15, 0.2) is 0 Å². The van der Waals surface area contributed by atoms with Gasteiger partial charge in [0, 0.05) is 17.9 Å². The Morgan fingerprint density at radius 1 is 1.44 bits per heavy atom. The number of carbonyl (C=O) groups is 1. The van der Waals surface area contributed by atoms with E-state index in [1.165, 1.54) is 4.88 Å². The molecule has 0 aliphatic carbocycles. The molecule has 0 bridgehead atoms. The van der Waals surface area contributed by atoms with Gasteiger partial charge in [-0.1, -0.05) is 12.5 Å². The van der Waals surface area contributed by atoms with Gasteiger partial charge in [-0.25, -0.2) is 5.84 Å². The first kappa shape index (κ1) is 13.2. The minimum atomic E-state index is -0.0977. The van der Waals surface area contributed by atoms with E-state index in [2.05, 4.69) is 11.5 Å². The maximum absolute atomic E-state index is 10.8. The number of hydrogen-bond donors (Lipinski definition) is 2. The van der Waals surface area contributed by atoms with Crippen molar-refractivity contribution in [2.24, 2.45) is 5.84 Å². The largest absolute Gasteiger partial charge is 0.376 e. The molecule has 16 heavy (non-hydrogen) atoms. The maximum atomic E-state index is 10.8. The molecule has 1 aromatic rings. The summed E-state index contributed by atoms with van der Waals surface area (Å²) in [5.41, 5.74) is 2.12. The van der Waals surface area contributed by atoms with Crippen LogP contribution in [-0.4, -0.2) is 12.5 Å². The molecule has 0 spiro atoms. The summed E-state index contributed by atoms with van der Waals surface area (Å²) in [6.45, 7) is 1.45. The molecular weight excluding hydrogens is 224 g/mol. The number of rotatable bonds is 8. The second-order valence-electron chi connectivity index (χ2n) is 3.51. The van der Waals surface area contributed by atoms with Gasteiger partial charge in [-0.2, -0.15) is 0 Å². The average Bonchev–Trinajstić information content (AvgIpc) is 2.80. The Balaban J connectivity index is 1.87. The zero-order chi connectivity index (χ0) is 11.6. The summed E-state index contributed by atoms with van der Waals surface area (Å²) >= 11 is 1.71. The summed E-state index contributed by atoms with van der Waals surface area (Å²) in [6, 6.07) is 4.09. The Morgan fingerprint density at radius 2 is 2.31 bits per heavy atom. The van der Waals surface area contributed by atoms with Crippen molar-refractivity contribution < 1.29 is 9.53 Å². The molecule has 3 N–H and O–H groups in total. The fourth-order valence-electron chi connectivity index (χ4n) is 1.31. The third-order valence-electron chi connectivity index (χ3n) is 2.18. The topological polar surface area (TPSA) is 64.3 Å². The highest BCUT2D eigenvalue weighted by Gasteiger charge is 1.98. The van der Waals surface area contributed by atoms with Gasteiger partial charge < -0.3 is 4.74 Å². The van der Waals surface area contributed by atoms with Crippen LogP contribution in [0.25, 0.3) is 0 Å². The molecule has 4 nitrogen and oxygen atoms in total. The van der Waals surface area contributed by atoms with Gasteiger partial charge in [0.1, 0.15) is 0 Å². The highest BCUT2D eigenvalue weighted by molar-refractivity contribution is 7.09. The van der Waals surface area contributed by atoms with Crippen molar-refractivity contribution in [2.45, 2.75) is 32.3 Å². The molecule has 0 radical (unpaired) electrons. The lowest BCUT2D eigenvalue weighted by molar-refractivity contribution is -0.121. The average molecular weight is 242 g/mol. The summed E-state index contributed by atoms with van der Waals surface area (Å²) in [4.78, 5) is 12.0. The molecule has 0 aliphatic rings. The van der Waals surface area contributed by atoms with E-state index in [1.54, 1.807) is 11.3 Å². The fraction of sp³-hybridized carbons (Fsp3) is 0.545. The van der Waals surface area contributed by atoms with Crippen LogP contribution in [0, 0.1) is 0 Å². The third-order valence-corrected chi connectivity index (χ3v) is 3.03. The number of amides is 1. The molecule has 0 atom stereocenters. The summed E-state index contributed by atoms with van der Waals surface area (Å²) in [5.74, 6) is 4.87. The van der Waals surface area contributed by atoms with Gasteiger partial charge in [-0.15, -0.1) is 11.3 Å². The zero-order valence-corrected chi connectivity index (χ0v) is 10.1. The van der Waals surface area contributed by atoms with E-state index in [-0.39, 0.29) is 5.91 Å². The molecule has 0 saturated carbocycles. The predicted octanol–water partition coefficient (Wildman–Crippen LogP) is 1.81. The van der Waals surface area contributed by atoms with E-state index in [4.69, 9.17) is 10.6 Å². The summed E-state index contributed by atoms with van der Waals surface area (Å²) in [6.07, 6.45) is 3.36. The van der Waals surface area contributed by atoms with Crippen LogP contribution in [0.2, 0.25) is 0 Å².